The molecule has 0 saturated carbocycles. The zero-order chi connectivity index (χ0) is 14.9. The van der Waals surface area contributed by atoms with E-state index < -0.39 is 7.81 Å². The molecule has 0 spiro atoms. The van der Waals surface area contributed by atoms with Gasteiger partial charge in [0.25, 0.3) is 0 Å². The molecule has 4 saturated heterocycles. The van der Waals surface area contributed by atoms with Crippen LogP contribution in [0.4, 0.5) is 25.2 Å². The van der Waals surface area contributed by atoms with E-state index in [0.29, 0.717) is 18.2 Å². The van der Waals surface area contributed by atoms with Crippen LogP contribution in [0.25, 0.3) is 0 Å². The SMILES string of the molecule is C[N+]1(C)C2CC3CC1C(O3)C2O.F[P-](F)(F)(F)(F)F. The van der Waals surface area contributed by atoms with Gasteiger partial charge in [-0.2, -0.15) is 0 Å². The van der Waals surface area contributed by atoms with Crippen LogP contribution in [0.3, 0.4) is 0 Å². The predicted molar refractivity (Wildman–Crippen MR) is 57.2 cm³/mol. The van der Waals surface area contributed by atoms with Gasteiger partial charge in [-0.25, -0.2) is 0 Å². The van der Waals surface area contributed by atoms with Crippen LogP contribution in [0.1, 0.15) is 12.8 Å². The Bertz CT molecular complexity index is 380. The quantitative estimate of drug-likeness (QED) is 0.423. The van der Waals surface area contributed by atoms with E-state index in [1.54, 1.807) is 0 Å². The van der Waals surface area contributed by atoms with Crippen molar-refractivity contribution in [2.24, 2.45) is 0 Å². The minimum atomic E-state index is -10.7. The number of likely N-dealkylation sites (N-methyl/N-ethyl adjacent to an activating group) is 1. The second kappa shape index (κ2) is 3.37. The van der Waals surface area contributed by atoms with Crippen molar-refractivity contribution < 1.29 is 39.5 Å². The number of nitrogens with zero attached hydrogens (tertiary/aromatic N) is 1. The summed E-state index contributed by atoms with van der Waals surface area (Å²) < 4.78 is 65.9. The molecule has 4 heterocycles. The van der Waals surface area contributed by atoms with Crippen LogP contribution in [0, 0.1) is 0 Å². The van der Waals surface area contributed by atoms with Gasteiger partial charge in [-0.15, -0.1) is 0 Å². The maximum atomic E-state index is 9.90. The number of piperidine rings is 1. The van der Waals surface area contributed by atoms with E-state index in [2.05, 4.69) is 14.1 Å². The molecule has 5 atom stereocenters. The summed E-state index contributed by atoms with van der Waals surface area (Å²) in [6, 6.07) is 0.997. The second-order valence-electron chi connectivity index (χ2n) is 5.91. The van der Waals surface area contributed by atoms with Gasteiger partial charge >= 0.3 is 33.0 Å². The van der Waals surface area contributed by atoms with Gasteiger partial charge in [0.05, 0.1) is 20.2 Å². The van der Waals surface area contributed by atoms with Crippen LogP contribution in [0.5, 0.6) is 0 Å². The van der Waals surface area contributed by atoms with Crippen LogP contribution in [-0.2, 0) is 4.74 Å². The molecule has 0 aromatic heterocycles. The summed E-state index contributed by atoms with van der Waals surface area (Å²) in [6.07, 6.45) is 2.61. The van der Waals surface area contributed by atoms with Crippen LogP contribution in [0.15, 0.2) is 0 Å². The molecule has 0 aliphatic carbocycles. The first-order chi connectivity index (χ1) is 8.05. The molecule has 0 aromatic rings. The van der Waals surface area contributed by atoms with E-state index in [1.807, 2.05) is 0 Å². The number of hydrogen-bond donors (Lipinski definition) is 1. The molecule has 5 unspecified atom stereocenters. The fraction of sp³-hybridized carbons (Fsp3) is 1.00. The number of hydrogen-bond acceptors (Lipinski definition) is 2. The fourth-order valence-electron chi connectivity index (χ4n) is 3.42. The van der Waals surface area contributed by atoms with Crippen LogP contribution < -0.4 is 0 Å². The number of rotatable bonds is 0. The topological polar surface area (TPSA) is 29.5 Å². The Labute approximate surface area is 106 Å². The van der Waals surface area contributed by atoms with Crippen molar-refractivity contribution in [2.75, 3.05) is 14.1 Å². The van der Waals surface area contributed by atoms with Gasteiger partial charge in [-0.05, 0) is 0 Å². The van der Waals surface area contributed by atoms with Crippen molar-refractivity contribution in [3.8, 4) is 0 Å². The fourth-order valence-corrected chi connectivity index (χ4v) is 3.42. The number of quaternary nitrogens is 1. The molecule has 10 heteroatoms. The first-order valence-corrected chi connectivity index (χ1v) is 7.82. The third-order valence-electron chi connectivity index (χ3n) is 4.18. The second-order valence-corrected chi connectivity index (χ2v) is 7.82. The Hall–Kier alpha value is -0.110. The Balaban J connectivity index is 0.000000167. The molecule has 0 radical (unpaired) electrons. The number of aliphatic hydroxyl groups is 1. The first-order valence-electron chi connectivity index (χ1n) is 5.79. The van der Waals surface area contributed by atoms with Crippen molar-refractivity contribution >= 4 is 7.81 Å². The molecule has 4 rings (SSSR count). The molecular weight excluding hydrogens is 299 g/mol. The van der Waals surface area contributed by atoms with Gasteiger partial charge in [0.1, 0.15) is 24.3 Å². The zero-order valence-corrected chi connectivity index (χ0v) is 11.2. The Morgan fingerprint density at radius 2 is 1.42 bits per heavy atom. The Morgan fingerprint density at radius 1 is 1.00 bits per heavy atom. The van der Waals surface area contributed by atoms with Crippen molar-refractivity contribution in [3.63, 3.8) is 0 Å². The first kappa shape index (κ1) is 15.3. The third-order valence-corrected chi connectivity index (χ3v) is 4.18. The molecule has 4 fully saturated rings. The normalized spacial score (nSPS) is 46.3. The van der Waals surface area contributed by atoms with Gasteiger partial charge in [0, 0.05) is 12.8 Å². The molecule has 0 amide bonds. The van der Waals surface area contributed by atoms with Crippen molar-refractivity contribution in [1.29, 1.82) is 0 Å². The van der Waals surface area contributed by atoms with Crippen LogP contribution >= 0.6 is 7.81 Å². The summed E-state index contributed by atoms with van der Waals surface area (Å²) in [5, 5.41) is 9.90. The third kappa shape index (κ3) is 3.51. The van der Waals surface area contributed by atoms with E-state index in [1.165, 1.54) is 0 Å². The number of ether oxygens (including phenoxy) is 1. The van der Waals surface area contributed by atoms with Crippen LogP contribution in [-0.4, -0.2) is 54.1 Å². The molecule has 0 aromatic carbocycles. The van der Waals surface area contributed by atoms with Gasteiger partial charge in [0.15, 0.2) is 0 Å². The summed E-state index contributed by atoms with van der Waals surface area (Å²) in [6.45, 7) is 0. The average molecular weight is 315 g/mol. The number of halogens is 6. The zero-order valence-electron chi connectivity index (χ0n) is 10.3. The maximum absolute atomic E-state index is 10.7. The Kier molecular flexibility index (Phi) is 2.71. The van der Waals surface area contributed by atoms with E-state index >= 15 is 0 Å². The summed E-state index contributed by atoms with van der Waals surface area (Å²) >= 11 is 0. The number of aliphatic hydroxyl groups excluding tert-OH is 1. The van der Waals surface area contributed by atoms with Crippen molar-refractivity contribution in [1.82, 2.24) is 0 Å². The minimum absolute atomic E-state index is 0.142. The molecule has 1 N–H and O–H groups in total. The molecule has 4 bridgehead atoms. The molecular formula is C9H16F6NO2P. The molecule has 4 aliphatic rings. The van der Waals surface area contributed by atoms with E-state index in [4.69, 9.17) is 4.74 Å². The molecule has 3 nitrogen and oxygen atoms in total. The monoisotopic (exact) mass is 315 g/mol. The van der Waals surface area contributed by atoms with Crippen molar-refractivity contribution in [3.05, 3.63) is 0 Å². The standard InChI is InChI=1S/C9H16NO2.F6P/c1-10(2)6-3-5-4-7(10)9(12-5)8(6)11;1-7(2,3,4,5)6/h5-9,11H,3-4H2,1-2H3;/q+1;-1. The predicted octanol–water partition coefficient (Wildman–Crippen LogP) is 3.12. The average Bonchev–Trinajstić information content (AvgIpc) is 2.48. The van der Waals surface area contributed by atoms with E-state index in [0.717, 1.165) is 17.3 Å². The van der Waals surface area contributed by atoms with E-state index in [-0.39, 0.29) is 12.2 Å². The van der Waals surface area contributed by atoms with Gasteiger partial charge in [-0.1, -0.05) is 0 Å². The molecule has 19 heavy (non-hydrogen) atoms. The Morgan fingerprint density at radius 3 is 1.79 bits per heavy atom. The molecule has 4 aliphatic heterocycles. The molecule has 116 valence electrons. The summed E-state index contributed by atoms with van der Waals surface area (Å²) in [7, 11) is -6.21. The van der Waals surface area contributed by atoms with Crippen LogP contribution in [0.2, 0.25) is 0 Å². The summed E-state index contributed by atoms with van der Waals surface area (Å²) in [5.74, 6) is 0. The summed E-state index contributed by atoms with van der Waals surface area (Å²) in [4.78, 5) is 0. The van der Waals surface area contributed by atoms with Gasteiger partial charge < -0.3 is 14.3 Å². The van der Waals surface area contributed by atoms with E-state index in [9.17, 15) is 30.3 Å². The van der Waals surface area contributed by atoms with Gasteiger partial charge in [-0.3, -0.25) is 0 Å². The van der Waals surface area contributed by atoms with Crippen molar-refractivity contribution in [2.45, 2.75) is 43.2 Å². The summed E-state index contributed by atoms with van der Waals surface area (Å²) in [5.41, 5.74) is 0. The van der Waals surface area contributed by atoms with Gasteiger partial charge in [0.2, 0.25) is 0 Å².